The Morgan fingerprint density at radius 1 is 0.897 bits per heavy atom. The number of carbonyl (C=O) groups is 2. The lowest BCUT2D eigenvalue weighted by Gasteiger charge is -2.11. The molecule has 5 heteroatoms. The third kappa shape index (κ3) is 5.56. The predicted molar refractivity (Wildman–Crippen MR) is 114 cm³/mol. The van der Waals surface area contributed by atoms with Gasteiger partial charge in [-0.15, -0.1) is 0 Å². The van der Waals surface area contributed by atoms with E-state index in [1.807, 2.05) is 30.3 Å². The molecule has 5 nitrogen and oxygen atoms in total. The maximum Gasteiger partial charge on any atom is 0.248 e. The summed E-state index contributed by atoms with van der Waals surface area (Å²) in [6.07, 6.45) is 3.23. The fourth-order valence-corrected chi connectivity index (χ4v) is 2.66. The summed E-state index contributed by atoms with van der Waals surface area (Å²) in [6.45, 7) is 1.48. The van der Waals surface area contributed by atoms with Gasteiger partial charge < -0.3 is 14.8 Å². The fraction of sp³-hybridized carbons (Fsp3) is 0.0833. The highest BCUT2D eigenvalue weighted by molar-refractivity contribution is 6.02. The first-order valence-corrected chi connectivity index (χ1v) is 9.06. The number of methoxy groups -OCH3 is 1. The van der Waals surface area contributed by atoms with E-state index in [9.17, 15) is 9.59 Å². The van der Waals surface area contributed by atoms with Crippen molar-refractivity contribution in [2.75, 3.05) is 12.4 Å². The summed E-state index contributed by atoms with van der Waals surface area (Å²) in [6, 6.07) is 21.6. The van der Waals surface area contributed by atoms with Gasteiger partial charge >= 0.3 is 0 Å². The van der Waals surface area contributed by atoms with Crippen molar-refractivity contribution in [3.05, 3.63) is 90.0 Å². The quantitative estimate of drug-likeness (QED) is 0.439. The molecular weight excluding hydrogens is 366 g/mol. The summed E-state index contributed by atoms with van der Waals surface area (Å²) in [5.41, 5.74) is 2.05. The summed E-state index contributed by atoms with van der Waals surface area (Å²) in [4.78, 5) is 23.9. The van der Waals surface area contributed by atoms with E-state index < -0.39 is 0 Å². The Morgan fingerprint density at radius 2 is 1.59 bits per heavy atom. The van der Waals surface area contributed by atoms with E-state index in [4.69, 9.17) is 9.47 Å². The number of carbonyl (C=O) groups excluding carboxylic acids is 2. The third-order valence-electron chi connectivity index (χ3n) is 4.14. The van der Waals surface area contributed by atoms with Crippen molar-refractivity contribution in [3.8, 4) is 17.2 Å². The van der Waals surface area contributed by atoms with E-state index in [0.29, 0.717) is 28.5 Å². The van der Waals surface area contributed by atoms with E-state index in [1.165, 1.54) is 13.0 Å². The SMILES string of the molecule is COc1ccc(C(C)=O)c(Oc2ccc(NC(=O)C=Cc3ccccc3)cc2)c1. The maximum atomic E-state index is 12.1. The smallest absolute Gasteiger partial charge is 0.248 e. The van der Waals surface area contributed by atoms with Crippen LogP contribution in [0.5, 0.6) is 17.2 Å². The molecule has 0 radical (unpaired) electrons. The van der Waals surface area contributed by atoms with Gasteiger partial charge in [-0.25, -0.2) is 0 Å². The van der Waals surface area contributed by atoms with E-state index in [0.717, 1.165) is 5.56 Å². The van der Waals surface area contributed by atoms with Gasteiger partial charge in [0.2, 0.25) is 5.91 Å². The molecule has 0 saturated heterocycles. The number of hydrogen-bond acceptors (Lipinski definition) is 4. The van der Waals surface area contributed by atoms with Crippen molar-refractivity contribution in [1.82, 2.24) is 0 Å². The molecule has 0 unspecified atom stereocenters. The van der Waals surface area contributed by atoms with Gasteiger partial charge in [0.25, 0.3) is 0 Å². The standard InChI is InChI=1S/C24H21NO4/c1-17(26)22-14-13-21(28-2)16-23(22)29-20-11-9-19(10-12-20)25-24(27)15-8-18-6-4-3-5-7-18/h3-16H,1-2H3,(H,25,27). The molecule has 1 amide bonds. The molecule has 0 aliphatic rings. The fourth-order valence-electron chi connectivity index (χ4n) is 2.66. The van der Waals surface area contributed by atoms with Crippen LogP contribution in [-0.2, 0) is 4.79 Å². The first-order chi connectivity index (χ1) is 14.0. The minimum atomic E-state index is -0.228. The molecule has 0 bridgehead atoms. The van der Waals surface area contributed by atoms with Crippen LogP contribution in [0.3, 0.4) is 0 Å². The van der Waals surface area contributed by atoms with Crippen LogP contribution < -0.4 is 14.8 Å². The molecule has 0 aliphatic heterocycles. The van der Waals surface area contributed by atoms with Crippen molar-refractivity contribution in [3.63, 3.8) is 0 Å². The first-order valence-electron chi connectivity index (χ1n) is 9.06. The number of ketones is 1. The third-order valence-corrected chi connectivity index (χ3v) is 4.14. The summed E-state index contributed by atoms with van der Waals surface area (Å²) < 4.78 is 11.1. The molecule has 3 aromatic rings. The zero-order valence-electron chi connectivity index (χ0n) is 16.2. The number of Topliss-reactive ketones (excluding diaryl/α,β-unsaturated/α-hetero) is 1. The van der Waals surface area contributed by atoms with E-state index in [2.05, 4.69) is 5.32 Å². The van der Waals surface area contributed by atoms with Crippen LogP contribution in [0.4, 0.5) is 5.69 Å². The highest BCUT2D eigenvalue weighted by Gasteiger charge is 2.11. The second-order valence-electron chi connectivity index (χ2n) is 6.28. The largest absolute Gasteiger partial charge is 0.497 e. The van der Waals surface area contributed by atoms with Gasteiger partial charge in [0.15, 0.2) is 5.78 Å². The van der Waals surface area contributed by atoms with Crippen LogP contribution in [0.15, 0.2) is 78.9 Å². The first kappa shape index (κ1) is 19.9. The van der Waals surface area contributed by atoms with Gasteiger partial charge in [0.1, 0.15) is 17.2 Å². The van der Waals surface area contributed by atoms with Gasteiger partial charge in [-0.05, 0) is 55.0 Å². The highest BCUT2D eigenvalue weighted by Crippen LogP contribution is 2.30. The molecular formula is C24H21NO4. The van der Waals surface area contributed by atoms with Crippen molar-refractivity contribution in [2.24, 2.45) is 0 Å². The summed E-state index contributed by atoms with van der Waals surface area (Å²) in [5.74, 6) is 1.23. The average molecular weight is 387 g/mol. The lowest BCUT2D eigenvalue weighted by atomic mass is 10.1. The number of rotatable bonds is 7. The van der Waals surface area contributed by atoms with E-state index in [-0.39, 0.29) is 11.7 Å². The number of hydrogen-bond donors (Lipinski definition) is 1. The Morgan fingerprint density at radius 3 is 2.24 bits per heavy atom. The number of anilines is 1. The van der Waals surface area contributed by atoms with Gasteiger partial charge in [0.05, 0.1) is 12.7 Å². The Labute approximate surface area is 169 Å². The molecule has 3 rings (SSSR count). The Kier molecular flexibility index (Phi) is 6.43. The zero-order chi connectivity index (χ0) is 20.6. The number of ether oxygens (including phenoxy) is 2. The highest BCUT2D eigenvalue weighted by atomic mass is 16.5. The van der Waals surface area contributed by atoms with Gasteiger partial charge in [-0.1, -0.05) is 30.3 Å². The molecule has 0 spiro atoms. The number of amides is 1. The van der Waals surface area contributed by atoms with Crippen molar-refractivity contribution < 1.29 is 19.1 Å². The Balaban J connectivity index is 1.67. The lowest BCUT2D eigenvalue weighted by molar-refractivity contribution is -0.111. The predicted octanol–water partition coefficient (Wildman–Crippen LogP) is 5.34. The van der Waals surface area contributed by atoms with Crippen LogP contribution in [0.1, 0.15) is 22.8 Å². The van der Waals surface area contributed by atoms with Crippen LogP contribution in [0, 0.1) is 0 Å². The second kappa shape index (κ2) is 9.37. The van der Waals surface area contributed by atoms with Crippen molar-refractivity contribution in [2.45, 2.75) is 6.92 Å². The zero-order valence-corrected chi connectivity index (χ0v) is 16.2. The minimum Gasteiger partial charge on any atom is -0.497 e. The van der Waals surface area contributed by atoms with Crippen LogP contribution in [0.25, 0.3) is 6.08 Å². The molecule has 29 heavy (non-hydrogen) atoms. The van der Waals surface area contributed by atoms with Crippen molar-refractivity contribution >= 4 is 23.5 Å². The molecule has 146 valence electrons. The molecule has 0 saturated carbocycles. The molecule has 3 aromatic carbocycles. The van der Waals surface area contributed by atoms with E-state index in [1.54, 1.807) is 55.7 Å². The van der Waals surface area contributed by atoms with Crippen molar-refractivity contribution in [1.29, 1.82) is 0 Å². The van der Waals surface area contributed by atoms with Gasteiger partial charge in [-0.2, -0.15) is 0 Å². The molecule has 0 fully saturated rings. The minimum absolute atomic E-state index is 0.100. The molecule has 0 aliphatic carbocycles. The Bertz CT molecular complexity index is 1020. The molecule has 1 N–H and O–H groups in total. The summed E-state index contributed by atoms with van der Waals surface area (Å²) in [5, 5.41) is 2.80. The molecule has 0 aromatic heterocycles. The molecule has 0 atom stereocenters. The van der Waals surface area contributed by atoms with Crippen LogP contribution in [0.2, 0.25) is 0 Å². The summed E-state index contributed by atoms with van der Waals surface area (Å²) >= 11 is 0. The van der Waals surface area contributed by atoms with E-state index >= 15 is 0 Å². The normalized spacial score (nSPS) is 10.6. The van der Waals surface area contributed by atoms with Gasteiger partial charge in [0, 0.05) is 17.8 Å². The summed E-state index contributed by atoms with van der Waals surface area (Å²) in [7, 11) is 1.55. The second-order valence-corrected chi connectivity index (χ2v) is 6.28. The number of nitrogens with one attached hydrogen (secondary N) is 1. The number of benzene rings is 3. The topological polar surface area (TPSA) is 64.6 Å². The lowest BCUT2D eigenvalue weighted by Crippen LogP contribution is -2.07. The monoisotopic (exact) mass is 387 g/mol. The van der Waals surface area contributed by atoms with Gasteiger partial charge in [-0.3, -0.25) is 9.59 Å². The molecule has 0 heterocycles. The maximum absolute atomic E-state index is 12.1. The van der Waals surface area contributed by atoms with Crippen LogP contribution in [-0.4, -0.2) is 18.8 Å². The average Bonchev–Trinajstić information content (AvgIpc) is 2.74. The Hall–Kier alpha value is -3.86. The van der Waals surface area contributed by atoms with Crippen LogP contribution >= 0.6 is 0 Å².